The Hall–Kier alpha value is -8.58. The molecule has 0 heterocycles. The minimum atomic E-state index is -0.678. The lowest BCUT2D eigenvalue weighted by Gasteiger charge is -2.33. The van der Waals surface area contributed by atoms with Gasteiger partial charge in [0.1, 0.15) is 0 Å². The summed E-state index contributed by atoms with van der Waals surface area (Å²) in [5.41, 5.74) is 40.6. The van der Waals surface area contributed by atoms with E-state index in [1.807, 2.05) is 0 Å². The fraction of sp³-hybridized carbons (Fsp3) is 0.340. The molecule has 0 unspecified atom stereocenters. The van der Waals surface area contributed by atoms with Crippen molar-refractivity contribution in [3.8, 4) is 89.0 Å². The van der Waals surface area contributed by atoms with Gasteiger partial charge in [0.05, 0.1) is 10.8 Å². The van der Waals surface area contributed by atoms with Crippen molar-refractivity contribution in [1.82, 2.24) is 0 Å². The summed E-state index contributed by atoms with van der Waals surface area (Å²) in [6.07, 6.45) is 0. The van der Waals surface area contributed by atoms with Crippen LogP contribution in [0.5, 0.6) is 0 Å². The molecule has 4 aliphatic rings. The van der Waals surface area contributed by atoms with Crippen molar-refractivity contribution in [2.24, 2.45) is 0 Å². The van der Waals surface area contributed by atoms with Gasteiger partial charge < -0.3 is 0 Å². The highest BCUT2D eigenvalue weighted by molar-refractivity contribution is 6.03. The van der Waals surface area contributed by atoms with Crippen molar-refractivity contribution in [2.45, 2.75) is 220 Å². The third-order valence-electron chi connectivity index (χ3n) is 23.5. The largest absolute Gasteiger partial charge is 0.0726 e. The molecule has 4 aliphatic carbocycles. The van der Waals surface area contributed by atoms with Crippen LogP contribution < -0.4 is 0 Å². The monoisotopic (exact) mass is 1310 g/mol. The molecule has 0 amide bonds. The zero-order chi connectivity index (χ0) is 71.5. The molecule has 0 heteroatoms. The summed E-state index contributed by atoms with van der Waals surface area (Å²) in [6, 6.07) is 84.5. The zero-order valence-electron chi connectivity index (χ0n) is 64.6. The lowest BCUT2D eigenvalue weighted by atomic mass is 9.67. The Morgan fingerprint density at radius 3 is 0.530 bits per heavy atom. The Morgan fingerprint density at radius 1 is 0.150 bits per heavy atom. The van der Waals surface area contributed by atoms with E-state index in [0.717, 1.165) is 0 Å². The van der Waals surface area contributed by atoms with Crippen LogP contribution in [0.15, 0.2) is 206 Å². The molecule has 0 bridgehead atoms. The van der Waals surface area contributed by atoms with E-state index < -0.39 is 10.8 Å². The molecule has 15 rings (SSSR count). The highest BCUT2D eigenvalue weighted by Gasteiger charge is 2.57. The molecule has 11 aromatic rings. The molecule has 11 aromatic carbocycles. The van der Waals surface area contributed by atoms with Gasteiger partial charge in [-0.1, -0.05) is 336 Å². The third kappa shape index (κ3) is 10.5. The molecule has 506 valence electrons. The molecular formula is C100H106. The van der Waals surface area contributed by atoms with E-state index in [-0.39, 0.29) is 43.3 Å². The van der Waals surface area contributed by atoms with E-state index >= 15 is 0 Å². The first-order valence-electron chi connectivity index (χ1n) is 37.2. The molecule has 0 radical (unpaired) electrons. The summed E-state index contributed by atoms with van der Waals surface area (Å²) in [5.74, 6) is 0. The maximum absolute atomic E-state index is 2.72. The minimum Gasteiger partial charge on any atom is -0.0619 e. The highest BCUT2D eigenvalue weighted by Crippen LogP contribution is 2.69. The summed E-state index contributed by atoms with van der Waals surface area (Å²) in [7, 11) is 0. The smallest absolute Gasteiger partial charge is 0.0619 e. The summed E-state index contributed by atoms with van der Waals surface area (Å²) >= 11 is 0. The average molecular weight is 1310 g/mol. The third-order valence-corrected chi connectivity index (χ3v) is 23.5. The van der Waals surface area contributed by atoms with Gasteiger partial charge >= 0.3 is 0 Å². The van der Waals surface area contributed by atoms with E-state index in [0.29, 0.717) is 0 Å². The van der Waals surface area contributed by atoms with Gasteiger partial charge in [0.2, 0.25) is 0 Å². The lowest BCUT2D eigenvalue weighted by Crippen LogP contribution is -2.27. The predicted molar refractivity (Wildman–Crippen MR) is 430 cm³/mol. The van der Waals surface area contributed by atoms with Crippen LogP contribution in [0, 0.1) is 0 Å². The number of hydrogen-bond donors (Lipinski definition) is 0. The first-order chi connectivity index (χ1) is 46.5. The van der Waals surface area contributed by atoms with Gasteiger partial charge in [-0.3, -0.25) is 0 Å². The molecular weight excluding hydrogens is 1200 g/mol. The highest BCUT2D eigenvalue weighted by atomic mass is 14.6. The van der Waals surface area contributed by atoms with Crippen LogP contribution >= 0.6 is 0 Å². The van der Waals surface area contributed by atoms with Gasteiger partial charge in [-0.2, -0.15) is 0 Å². The minimum absolute atomic E-state index is 0.0428. The van der Waals surface area contributed by atoms with Gasteiger partial charge in [0.15, 0.2) is 0 Å². The van der Waals surface area contributed by atoms with Crippen LogP contribution in [0.1, 0.15) is 255 Å². The maximum Gasteiger partial charge on any atom is 0.0726 e. The van der Waals surface area contributed by atoms with Crippen molar-refractivity contribution >= 4 is 0 Å². The number of hydrogen-bond acceptors (Lipinski definition) is 0. The van der Waals surface area contributed by atoms with Gasteiger partial charge in [-0.15, -0.1) is 0 Å². The Bertz CT molecular complexity index is 4520. The molecule has 0 fully saturated rings. The van der Waals surface area contributed by atoms with E-state index in [1.54, 1.807) is 0 Å². The van der Waals surface area contributed by atoms with Crippen molar-refractivity contribution in [3.63, 3.8) is 0 Å². The van der Waals surface area contributed by atoms with Crippen LogP contribution in [0.3, 0.4) is 0 Å². The molecule has 0 N–H and O–H groups in total. The summed E-state index contributed by atoms with van der Waals surface area (Å²) in [5, 5.41) is 0. The molecule has 0 aliphatic heterocycles. The predicted octanol–water partition coefficient (Wildman–Crippen LogP) is 27.4. The van der Waals surface area contributed by atoms with Crippen molar-refractivity contribution < 1.29 is 0 Å². The fourth-order valence-corrected chi connectivity index (χ4v) is 17.2. The Balaban J connectivity index is 1.05. The van der Waals surface area contributed by atoms with Crippen LogP contribution in [-0.2, 0) is 54.1 Å². The second-order valence-corrected chi connectivity index (χ2v) is 38.8. The summed E-state index contributed by atoms with van der Waals surface area (Å²) in [4.78, 5) is 0. The van der Waals surface area contributed by atoms with E-state index in [9.17, 15) is 0 Å². The summed E-state index contributed by atoms with van der Waals surface area (Å²) in [6.45, 7) is 56.7. The van der Waals surface area contributed by atoms with Crippen molar-refractivity contribution in [1.29, 1.82) is 0 Å². The van der Waals surface area contributed by atoms with Crippen LogP contribution in [0.25, 0.3) is 89.0 Å². The van der Waals surface area contributed by atoms with Crippen LogP contribution in [-0.4, -0.2) is 0 Å². The lowest BCUT2D eigenvalue weighted by molar-refractivity contribution is 0.568. The van der Waals surface area contributed by atoms with Crippen LogP contribution in [0.4, 0.5) is 0 Å². The first kappa shape index (κ1) is 67.3. The quantitative estimate of drug-likeness (QED) is 0.165. The standard InChI is InChI=1S/C100H106/c1-91(2,3)67-41-63(42-68(53-67)92(4,5)6)59-33-37-77-78-38-34-60(64-43-69(93(7,8)9)54-70(44-64)94(10,11)12)50-86(78)99(85(77)49-59)83-31-27-25-29-75(83)81-58-90-82(57-89(81)99)76-30-26-28-32-84(76)100(90)87-51-61(65-45-71(95(13,14)15)55-72(46-65)96(16,17)18)35-39-79(87)80-40-36-62(52-88(80)100)66-47-73(97(19,20)21)56-74(48-66)98(22,23)24/h25-58H,1-24H3. The van der Waals surface area contributed by atoms with Gasteiger partial charge in [0.25, 0.3) is 0 Å². The Morgan fingerprint density at radius 2 is 0.330 bits per heavy atom. The number of fused-ring (bicyclic) bond motifs is 20. The topological polar surface area (TPSA) is 0 Å². The molecule has 0 nitrogen and oxygen atoms in total. The SMILES string of the molecule is CC(C)(C)c1cc(-c2ccc3c(c2)C2(c4ccccc4-c4cc5c(cc42)-c2ccccc2C52c4cc(-c5cc(C(C)(C)C)cc(C(C)(C)C)c5)ccc4-c4ccc(-c5cc(C(C)(C)C)cc(C(C)(C)C)c5)cc42)c2cc(-c4cc(C(C)(C)C)cc(C(C)(C)C)c4)ccc2-3)cc(C(C)(C)C)c1. The molecule has 2 spiro atoms. The molecule has 0 saturated heterocycles. The number of benzene rings is 11. The zero-order valence-corrected chi connectivity index (χ0v) is 64.6. The Labute approximate surface area is 600 Å². The molecule has 0 saturated carbocycles. The molecule has 0 aromatic heterocycles. The fourth-order valence-electron chi connectivity index (χ4n) is 17.2. The summed E-state index contributed by atoms with van der Waals surface area (Å²) < 4.78 is 0. The second-order valence-electron chi connectivity index (χ2n) is 38.8. The van der Waals surface area contributed by atoms with Crippen molar-refractivity contribution in [2.75, 3.05) is 0 Å². The molecule has 100 heavy (non-hydrogen) atoms. The van der Waals surface area contributed by atoms with E-state index in [4.69, 9.17) is 0 Å². The first-order valence-corrected chi connectivity index (χ1v) is 37.2. The van der Waals surface area contributed by atoms with E-state index in [1.165, 1.54) is 178 Å². The molecule has 0 atom stereocenters. The van der Waals surface area contributed by atoms with Gasteiger partial charge in [-0.25, -0.2) is 0 Å². The van der Waals surface area contributed by atoms with Gasteiger partial charge in [-0.05, 0) is 258 Å². The van der Waals surface area contributed by atoms with Crippen LogP contribution in [0.2, 0.25) is 0 Å². The maximum atomic E-state index is 2.72. The second kappa shape index (κ2) is 22.0. The average Bonchev–Trinajstić information content (AvgIpc) is 1.49. The van der Waals surface area contributed by atoms with Gasteiger partial charge in [0, 0.05) is 0 Å². The normalized spacial score (nSPS) is 15.0. The number of rotatable bonds is 4. The van der Waals surface area contributed by atoms with E-state index in [2.05, 4.69) is 372 Å². The Kier molecular flexibility index (Phi) is 14.8. The van der Waals surface area contributed by atoms with Crippen molar-refractivity contribution in [3.05, 3.63) is 295 Å².